The molecule has 1 saturated carbocycles. The molecule has 7 nitrogen and oxygen atoms in total. The van der Waals surface area contributed by atoms with Crippen molar-refractivity contribution in [1.29, 1.82) is 0 Å². The fraction of sp³-hybridized carbons (Fsp3) is 0.208. The Labute approximate surface area is 202 Å². The second-order valence-electron chi connectivity index (χ2n) is 8.09. The number of anilines is 2. The molecule has 0 atom stereocenters. The number of ether oxygens (including phenoxy) is 1. The van der Waals surface area contributed by atoms with Crippen molar-refractivity contribution in [3.05, 3.63) is 71.4 Å². The van der Waals surface area contributed by atoms with Crippen molar-refractivity contribution < 1.29 is 22.7 Å². The van der Waals surface area contributed by atoms with E-state index >= 15 is 4.39 Å². The van der Waals surface area contributed by atoms with Gasteiger partial charge in [-0.2, -0.15) is 0 Å². The molecule has 1 fully saturated rings. The first-order chi connectivity index (χ1) is 17.0. The number of ketones is 1. The summed E-state index contributed by atoms with van der Waals surface area (Å²) in [5, 5.41) is 3.58. The van der Waals surface area contributed by atoms with E-state index in [0.29, 0.717) is 34.2 Å². The van der Waals surface area contributed by atoms with Crippen LogP contribution in [-0.4, -0.2) is 34.4 Å². The molecule has 0 bridgehead atoms. The molecule has 2 aromatic heterocycles. The topological polar surface area (TPSA) is 91.9 Å². The number of aromatic nitrogens is 3. The molecule has 1 aliphatic rings. The monoisotopic (exact) mass is 499 g/mol. The molecule has 4 aromatic rings. The largest absolute Gasteiger partial charge is 0.494 e. The predicted octanol–water partition coefficient (Wildman–Crippen LogP) is 5.56. The lowest BCUT2D eigenvalue weighted by Crippen LogP contribution is -2.11. The van der Waals surface area contributed by atoms with Gasteiger partial charge in [-0.15, -0.1) is 0 Å². The number of carbonyl (C=O) groups excluding carboxylic acids is 1. The Morgan fingerprint density at radius 2 is 2.00 bits per heavy atom. The van der Waals surface area contributed by atoms with Gasteiger partial charge in [-0.05, 0) is 61.0 Å². The van der Waals surface area contributed by atoms with E-state index in [1.807, 2.05) is 0 Å². The Bertz CT molecular complexity index is 1420. The van der Waals surface area contributed by atoms with Gasteiger partial charge in [0.1, 0.15) is 23.6 Å². The first-order valence-corrected chi connectivity index (χ1v) is 11.6. The molecular formula is C24H20F3N5O2S. The first kappa shape index (κ1) is 23.0. The van der Waals surface area contributed by atoms with Crippen LogP contribution >= 0.6 is 11.9 Å². The number of nitrogens with one attached hydrogen (secondary N) is 3. The molecule has 0 radical (unpaired) electrons. The number of rotatable bonds is 9. The van der Waals surface area contributed by atoms with Crippen LogP contribution in [0.25, 0.3) is 11.0 Å². The highest BCUT2D eigenvalue weighted by atomic mass is 32.2. The fourth-order valence-corrected chi connectivity index (χ4v) is 4.32. The Balaban J connectivity index is 1.44. The van der Waals surface area contributed by atoms with Gasteiger partial charge in [0.25, 0.3) is 0 Å². The van der Waals surface area contributed by atoms with Gasteiger partial charge in [0.2, 0.25) is 5.78 Å². The standard InChI is InChI=1S/C24H20F3N5O2S/c1-34-18-7-4-13(8-16(18)26)35-32-17-6-5-15(25)20(21(17)27)22(33)14-10-29-24-19(14)23(30-11-31-24)28-9-12-2-3-12/h4-8,10-12,32H,2-3,9H2,1H3,(H2,28,29,30,31). The van der Waals surface area contributed by atoms with Crippen LogP contribution in [0.1, 0.15) is 28.8 Å². The molecule has 2 heterocycles. The third-order valence-corrected chi connectivity index (χ3v) is 6.50. The van der Waals surface area contributed by atoms with Crippen LogP contribution in [0.2, 0.25) is 0 Å². The van der Waals surface area contributed by atoms with Crippen LogP contribution in [0.3, 0.4) is 0 Å². The minimum absolute atomic E-state index is 0.0544. The van der Waals surface area contributed by atoms with Crippen molar-refractivity contribution in [2.75, 3.05) is 23.7 Å². The molecule has 0 spiro atoms. The van der Waals surface area contributed by atoms with Gasteiger partial charge in [0, 0.05) is 17.6 Å². The normalized spacial score (nSPS) is 13.1. The van der Waals surface area contributed by atoms with Crippen molar-refractivity contribution >= 4 is 40.3 Å². The van der Waals surface area contributed by atoms with E-state index in [9.17, 15) is 13.6 Å². The summed E-state index contributed by atoms with van der Waals surface area (Å²) >= 11 is 0.909. The molecule has 5 rings (SSSR count). The lowest BCUT2D eigenvalue weighted by Gasteiger charge is -2.12. The summed E-state index contributed by atoms with van der Waals surface area (Å²) in [4.78, 5) is 25.0. The van der Waals surface area contributed by atoms with E-state index in [1.54, 1.807) is 6.07 Å². The van der Waals surface area contributed by atoms with Gasteiger partial charge in [0.15, 0.2) is 17.4 Å². The number of halogens is 3. The highest BCUT2D eigenvalue weighted by molar-refractivity contribution is 8.00. The molecular weight excluding hydrogens is 479 g/mol. The smallest absolute Gasteiger partial charge is 0.201 e. The van der Waals surface area contributed by atoms with Gasteiger partial charge in [-0.3, -0.25) is 4.79 Å². The van der Waals surface area contributed by atoms with Crippen LogP contribution in [0, 0.1) is 23.4 Å². The Hall–Kier alpha value is -3.73. The zero-order valence-corrected chi connectivity index (χ0v) is 19.3. The number of fused-ring (bicyclic) bond motifs is 1. The number of aromatic amines is 1. The lowest BCUT2D eigenvalue weighted by atomic mass is 10.0. The Kier molecular flexibility index (Phi) is 6.25. The number of H-pyrrole nitrogens is 1. The van der Waals surface area contributed by atoms with Crippen LogP contribution in [0.15, 0.2) is 47.8 Å². The van der Waals surface area contributed by atoms with Crippen LogP contribution in [0.5, 0.6) is 5.75 Å². The maximum Gasteiger partial charge on any atom is 0.201 e. The van der Waals surface area contributed by atoms with E-state index < -0.39 is 28.8 Å². The van der Waals surface area contributed by atoms with Crippen molar-refractivity contribution in [2.45, 2.75) is 17.7 Å². The number of benzene rings is 2. The SMILES string of the molecule is COc1ccc(SNc2ccc(F)c(C(=O)c3c[nH]c4ncnc(NCC5CC5)c34)c2F)cc1F. The zero-order valence-electron chi connectivity index (χ0n) is 18.5. The number of hydrogen-bond acceptors (Lipinski definition) is 7. The van der Waals surface area contributed by atoms with Crippen molar-refractivity contribution in [1.82, 2.24) is 15.0 Å². The van der Waals surface area contributed by atoms with E-state index in [0.717, 1.165) is 30.9 Å². The molecule has 0 unspecified atom stereocenters. The molecule has 0 saturated heterocycles. The summed E-state index contributed by atoms with van der Waals surface area (Å²) in [6.45, 7) is 0.691. The predicted molar refractivity (Wildman–Crippen MR) is 127 cm³/mol. The third kappa shape index (κ3) is 4.63. The van der Waals surface area contributed by atoms with Crippen molar-refractivity contribution in [3.8, 4) is 5.75 Å². The van der Waals surface area contributed by atoms with Crippen LogP contribution < -0.4 is 14.8 Å². The molecule has 3 N–H and O–H groups in total. The van der Waals surface area contributed by atoms with Crippen LogP contribution in [0.4, 0.5) is 24.7 Å². The first-order valence-electron chi connectivity index (χ1n) is 10.8. The summed E-state index contributed by atoms with van der Waals surface area (Å²) in [6, 6.07) is 6.41. The molecule has 1 aliphatic carbocycles. The van der Waals surface area contributed by atoms with Crippen LogP contribution in [-0.2, 0) is 0 Å². The van der Waals surface area contributed by atoms with E-state index in [2.05, 4.69) is 25.0 Å². The highest BCUT2D eigenvalue weighted by Gasteiger charge is 2.27. The number of nitrogens with zero attached hydrogens (tertiary/aromatic N) is 2. The van der Waals surface area contributed by atoms with Gasteiger partial charge in [-0.25, -0.2) is 23.1 Å². The van der Waals surface area contributed by atoms with E-state index in [1.165, 1.54) is 37.8 Å². The second kappa shape index (κ2) is 9.49. The van der Waals surface area contributed by atoms with Gasteiger partial charge in [0.05, 0.1) is 29.3 Å². The molecule has 0 amide bonds. The Morgan fingerprint density at radius 1 is 1.17 bits per heavy atom. The molecule has 0 aliphatic heterocycles. The van der Waals surface area contributed by atoms with Gasteiger partial charge < -0.3 is 19.8 Å². The minimum atomic E-state index is -1.06. The Morgan fingerprint density at radius 3 is 2.74 bits per heavy atom. The molecule has 11 heteroatoms. The van der Waals surface area contributed by atoms with E-state index in [4.69, 9.17) is 4.74 Å². The maximum atomic E-state index is 15.4. The summed E-state index contributed by atoms with van der Waals surface area (Å²) in [7, 11) is 1.35. The summed E-state index contributed by atoms with van der Waals surface area (Å²) in [5.74, 6) is -2.44. The summed E-state index contributed by atoms with van der Waals surface area (Å²) < 4.78 is 51.6. The highest BCUT2D eigenvalue weighted by Crippen LogP contribution is 2.33. The quantitative estimate of drug-likeness (QED) is 0.205. The van der Waals surface area contributed by atoms with Gasteiger partial charge in [-0.1, -0.05) is 0 Å². The van der Waals surface area contributed by atoms with Crippen molar-refractivity contribution in [3.63, 3.8) is 0 Å². The number of carbonyl (C=O) groups is 1. The third-order valence-electron chi connectivity index (χ3n) is 5.69. The number of hydrogen-bond donors (Lipinski definition) is 3. The number of methoxy groups -OCH3 is 1. The molecule has 35 heavy (non-hydrogen) atoms. The van der Waals surface area contributed by atoms with Crippen molar-refractivity contribution in [2.24, 2.45) is 5.92 Å². The zero-order chi connectivity index (χ0) is 24.5. The summed E-state index contributed by atoms with van der Waals surface area (Å²) in [5.41, 5.74) is -0.402. The lowest BCUT2D eigenvalue weighted by molar-refractivity contribution is 0.103. The molecule has 2 aromatic carbocycles. The van der Waals surface area contributed by atoms with E-state index in [-0.39, 0.29) is 17.0 Å². The average molecular weight is 500 g/mol. The molecule has 180 valence electrons. The fourth-order valence-electron chi connectivity index (χ4n) is 3.64. The minimum Gasteiger partial charge on any atom is -0.494 e. The second-order valence-corrected chi connectivity index (χ2v) is 8.97. The summed E-state index contributed by atoms with van der Waals surface area (Å²) in [6.07, 6.45) is 4.97. The maximum absolute atomic E-state index is 15.4. The average Bonchev–Trinajstić information content (AvgIpc) is 3.58. The van der Waals surface area contributed by atoms with Gasteiger partial charge >= 0.3 is 0 Å².